The minimum absolute atomic E-state index is 0.291. The third-order valence-electron chi connectivity index (χ3n) is 6.34. The highest BCUT2D eigenvalue weighted by Gasteiger charge is 2.33. The molecule has 0 amide bonds. The van der Waals surface area contributed by atoms with Gasteiger partial charge in [-0.3, -0.25) is 4.79 Å². The number of allylic oxidation sites excluding steroid dienone is 3. The molecule has 0 saturated heterocycles. The largest absolute Gasteiger partial charge is 0.462 e. The fourth-order valence-electron chi connectivity index (χ4n) is 4.83. The van der Waals surface area contributed by atoms with Gasteiger partial charge >= 0.3 is 5.97 Å². The van der Waals surface area contributed by atoms with Crippen LogP contribution in [0.5, 0.6) is 5.75 Å². The van der Waals surface area contributed by atoms with Crippen molar-refractivity contribution in [1.29, 1.82) is 5.26 Å². The molecule has 172 valence electrons. The van der Waals surface area contributed by atoms with E-state index in [2.05, 4.69) is 52.2 Å². The number of nitriles is 1. The number of nitrogens with zero attached hydrogens (tertiary/aromatic N) is 4. The summed E-state index contributed by atoms with van der Waals surface area (Å²) in [6.07, 6.45) is 5.04. The molecule has 0 aliphatic carbocycles. The summed E-state index contributed by atoms with van der Waals surface area (Å²) in [4.78, 5) is 13.5. The first-order valence-corrected chi connectivity index (χ1v) is 11.6. The van der Waals surface area contributed by atoms with Gasteiger partial charge in [-0.15, -0.1) is 0 Å². The van der Waals surface area contributed by atoms with Gasteiger partial charge in [0.2, 0.25) is 5.88 Å². The zero-order valence-corrected chi connectivity index (χ0v) is 19.7. The maximum Gasteiger partial charge on any atom is 0.302 e. The van der Waals surface area contributed by atoms with Crippen molar-refractivity contribution >= 4 is 28.3 Å². The number of carbonyl (C=O) groups is 1. The van der Waals surface area contributed by atoms with Gasteiger partial charge < -0.3 is 14.4 Å². The fourth-order valence-corrected chi connectivity index (χ4v) is 4.83. The highest BCUT2D eigenvalue weighted by molar-refractivity contribution is 5.79. The molecule has 5 rings (SSSR count). The summed E-state index contributed by atoms with van der Waals surface area (Å²) >= 11 is 0. The van der Waals surface area contributed by atoms with E-state index in [-0.39, 0.29) is 5.97 Å². The van der Waals surface area contributed by atoms with Gasteiger partial charge in [-0.2, -0.15) is 5.26 Å². The van der Waals surface area contributed by atoms with Crippen LogP contribution in [0.2, 0.25) is 0 Å². The van der Waals surface area contributed by atoms with Crippen LogP contribution in [0.3, 0.4) is 0 Å². The first-order valence-electron chi connectivity index (χ1n) is 11.6. The second-order valence-corrected chi connectivity index (χ2v) is 8.55. The number of aryl methyl sites for hydroxylation is 2. The number of ether oxygens (including phenoxy) is 2. The van der Waals surface area contributed by atoms with Crippen molar-refractivity contribution in [2.24, 2.45) is 0 Å². The summed E-state index contributed by atoms with van der Waals surface area (Å²) in [6.45, 7) is 8.10. The molecule has 34 heavy (non-hydrogen) atoms. The minimum atomic E-state index is -0.291. The van der Waals surface area contributed by atoms with Crippen molar-refractivity contribution in [1.82, 2.24) is 4.57 Å². The molecule has 2 aliphatic heterocycles. The Morgan fingerprint density at radius 3 is 2.88 bits per heavy atom. The maximum absolute atomic E-state index is 11.3. The van der Waals surface area contributed by atoms with Crippen LogP contribution in [0.4, 0.5) is 5.69 Å². The normalized spacial score (nSPS) is 16.6. The zero-order valence-electron chi connectivity index (χ0n) is 19.7. The van der Waals surface area contributed by atoms with Gasteiger partial charge in [0.1, 0.15) is 13.2 Å². The maximum atomic E-state index is 11.3. The number of anilines is 1. The van der Waals surface area contributed by atoms with E-state index in [4.69, 9.17) is 9.47 Å². The van der Waals surface area contributed by atoms with Crippen LogP contribution in [-0.4, -0.2) is 23.7 Å². The molecule has 0 fully saturated rings. The van der Waals surface area contributed by atoms with Crippen molar-refractivity contribution in [3.63, 3.8) is 0 Å². The molecule has 0 radical (unpaired) electrons. The third-order valence-corrected chi connectivity index (χ3v) is 6.34. The van der Waals surface area contributed by atoms with Gasteiger partial charge in [0.25, 0.3) is 5.82 Å². The molecule has 7 heteroatoms. The average Bonchev–Trinajstić information content (AvgIpc) is 3.48. The van der Waals surface area contributed by atoms with Gasteiger partial charge in [0.05, 0.1) is 23.9 Å². The summed E-state index contributed by atoms with van der Waals surface area (Å²) in [5.74, 6) is 2.46. The monoisotopic (exact) mass is 455 g/mol. The summed E-state index contributed by atoms with van der Waals surface area (Å²) in [5.41, 5.74) is 6.14. The third kappa shape index (κ3) is 3.71. The molecule has 0 bridgehead atoms. The first-order chi connectivity index (χ1) is 16.5. The van der Waals surface area contributed by atoms with Gasteiger partial charge in [-0.25, -0.2) is 9.13 Å². The number of imidazole rings is 1. The SMILES string of the molecule is CCN1C(=CC=C2CCn3c2[n+](CCOC(C)=O)c2ccc(C#N)cc23)Oc2ccc(C)cc21. The van der Waals surface area contributed by atoms with E-state index in [0.29, 0.717) is 18.7 Å². The number of hydrogen-bond donors (Lipinski definition) is 0. The van der Waals surface area contributed by atoms with Crippen molar-refractivity contribution in [3.8, 4) is 11.8 Å². The van der Waals surface area contributed by atoms with Crippen molar-refractivity contribution in [2.75, 3.05) is 18.1 Å². The molecule has 0 spiro atoms. The summed E-state index contributed by atoms with van der Waals surface area (Å²) in [7, 11) is 0. The van der Waals surface area contributed by atoms with Crippen LogP contribution in [0.25, 0.3) is 16.6 Å². The van der Waals surface area contributed by atoms with Crippen LogP contribution in [-0.2, 0) is 22.6 Å². The number of hydrogen-bond acceptors (Lipinski definition) is 5. The molecular weight excluding hydrogens is 428 g/mol. The van der Waals surface area contributed by atoms with Gasteiger partial charge in [0.15, 0.2) is 16.8 Å². The standard InChI is InChI=1S/C27H27N4O3/c1-4-29-24-15-18(2)5-9-25(24)34-26(29)10-7-21-11-12-30-23-16-20(17-28)6-8-22(23)31(27(21)30)13-14-33-19(3)32/h5-10,15-16H,4,11-14H2,1-3H3/q+1. The van der Waals surface area contributed by atoms with Crippen molar-refractivity contribution in [2.45, 2.75) is 40.3 Å². The second kappa shape index (κ2) is 8.71. The molecule has 2 aromatic carbocycles. The topological polar surface area (TPSA) is 71.4 Å². The lowest BCUT2D eigenvalue weighted by atomic mass is 10.2. The van der Waals surface area contributed by atoms with E-state index in [1.54, 1.807) is 0 Å². The van der Waals surface area contributed by atoms with Crippen LogP contribution >= 0.6 is 0 Å². The lowest BCUT2D eigenvalue weighted by Gasteiger charge is -2.15. The summed E-state index contributed by atoms with van der Waals surface area (Å²) < 4.78 is 15.8. The van der Waals surface area contributed by atoms with Crippen LogP contribution < -0.4 is 14.2 Å². The Bertz CT molecular complexity index is 1410. The van der Waals surface area contributed by atoms with Gasteiger partial charge in [0, 0.05) is 31.5 Å². The Morgan fingerprint density at radius 1 is 1.26 bits per heavy atom. The summed E-state index contributed by atoms with van der Waals surface area (Å²) in [5, 5.41) is 9.39. The smallest absolute Gasteiger partial charge is 0.302 e. The highest BCUT2D eigenvalue weighted by Crippen LogP contribution is 2.39. The van der Waals surface area contributed by atoms with E-state index in [9.17, 15) is 10.1 Å². The molecule has 0 N–H and O–H groups in total. The molecule has 0 saturated carbocycles. The van der Waals surface area contributed by atoms with Gasteiger partial charge in [-0.05, 0) is 55.8 Å². The summed E-state index contributed by atoms with van der Waals surface area (Å²) in [6, 6.07) is 14.2. The molecule has 0 atom stereocenters. The Labute approximate surface area is 198 Å². The number of benzene rings is 2. The van der Waals surface area contributed by atoms with E-state index in [1.165, 1.54) is 18.1 Å². The number of fused-ring (bicyclic) bond motifs is 4. The number of aromatic nitrogens is 2. The molecular formula is C27H27N4O3+. The Kier molecular flexibility index (Phi) is 5.58. The van der Waals surface area contributed by atoms with Crippen LogP contribution in [0, 0.1) is 18.3 Å². The minimum Gasteiger partial charge on any atom is -0.462 e. The molecule has 3 heterocycles. The molecule has 1 aromatic heterocycles. The average molecular weight is 456 g/mol. The molecule has 2 aliphatic rings. The lowest BCUT2D eigenvalue weighted by molar-refractivity contribution is -0.675. The Balaban J connectivity index is 1.55. The molecule has 3 aromatic rings. The van der Waals surface area contributed by atoms with E-state index in [1.807, 2.05) is 30.3 Å². The molecule has 7 nitrogen and oxygen atoms in total. The van der Waals surface area contributed by atoms with Crippen molar-refractivity contribution in [3.05, 3.63) is 71.4 Å². The zero-order chi connectivity index (χ0) is 23.8. The molecule has 0 unspecified atom stereocenters. The van der Waals surface area contributed by atoms with E-state index in [0.717, 1.165) is 53.7 Å². The highest BCUT2D eigenvalue weighted by atomic mass is 16.5. The number of rotatable bonds is 5. The van der Waals surface area contributed by atoms with E-state index >= 15 is 0 Å². The van der Waals surface area contributed by atoms with Crippen LogP contribution in [0.15, 0.2) is 54.4 Å². The number of carbonyl (C=O) groups excluding carboxylic acids is 1. The predicted octanol–water partition coefficient (Wildman–Crippen LogP) is 4.22. The fraction of sp³-hybridized carbons (Fsp3) is 0.296. The van der Waals surface area contributed by atoms with Gasteiger partial charge in [-0.1, -0.05) is 6.07 Å². The van der Waals surface area contributed by atoms with E-state index < -0.39 is 0 Å². The van der Waals surface area contributed by atoms with Crippen molar-refractivity contribution < 1.29 is 18.8 Å². The quantitative estimate of drug-likeness (QED) is 0.426. The second-order valence-electron chi connectivity index (χ2n) is 8.55. The first kappa shape index (κ1) is 21.8. The van der Waals surface area contributed by atoms with Crippen LogP contribution in [0.1, 0.15) is 37.2 Å². The lowest BCUT2D eigenvalue weighted by Crippen LogP contribution is -2.39. The number of esters is 1. The Hall–Kier alpha value is -4.05. The Morgan fingerprint density at radius 2 is 2.12 bits per heavy atom. The predicted molar refractivity (Wildman–Crippen MR) is 129 cm³/mol.